The van der Waals surface area contributed by atoms with E-state index < -0.39 is 26.3 Å². The predicted molar refractivity (Wildman–Crippen MR) is 146 cm³/mol. The summed E-state index contributed by atoms with van der Waals surface area (Å²) in [5.41, 5.74) is 5.46. The Labute approximate surface area is 227 Å². The van der Waals surface area contributed by atoms with Crippen LogP contribution < -0.4 is 0 Å². The van der Waals surface area contributed by atoms with Crippen LogP contribution in [0.5, 0.6) is 5.75 Å². The Hall–Kier alpha value is -2.19. The molecule has 35 heavy (non-hydrogen) atoms. The topological polar surface area (TPSA) is 32.6 Å². The summed E-state index contributed by atoms with van der Waals surface area (Å²) in [6.45, 7) is 6.26. The molecule has 0 heterocycles. The summed E-state index contributed by atoms with van der Waals surface area (Å²) in [6.07, 6.45) is 1.80. The third kappa shape index (κ3) is 6.73. The Balaban J connectivity index is 0.00000108. The van der Waals surface area contributed by atoms with Crippen LogP contribution in [0.25, 0.3) is 11.1 Å². The Bertz CT molecular complexity index is 1190. The molecule has 4 rings (SSSR count). The van der Waals surface area contributed by atoms with Gasteiger partial charge in [-0.3, -0.25) is 4.99 Å². The molecule has 0 aliphatic heterocycles. The van der Waals surface area contributed by atoms with E-state index in [1.807, 2.05) is 50.2 Å². The van der Waals surface area contributed by atoms with Crippen molar-refractivity contribution in [3.05, 3.63) is 125 Å². The van der Waals surface area contributed by atoms with E-state index in [0.717, 1.165) is 33.4 Å². The number of benzene rings is 4. The zero-order valence-corrected chi connectivity index (χ0v) is 24.1. The molecule has 0 aromatic heterocycles. The minimum absolute atomic E-state index is 0.146. The maximum atomic E-state index is 11.5. The van der Waals surface area contributed by atoms with Gasteiger partial charge >= 0.3 is 37.9 Å². The molecule has 0 fully saturated rings. The zero-order chi connectivity index (χ0) is 25.3. The summed E-state index contributed by atoms with van der Waals surface area (Å²) in [7, 11) is 9.87. The molecule has 0 saturated carbocycles. The van der Waals surface area contributed by atoms with Gasteiger partial charge in [0.15, 0.2) is 0 Å². The monoisotopic (exact) mass is 579 g/mol. The molecule has 0 unspecified atom stereocenters. The van der Waals surface area contributed by atoms with E-state index in [1.54, 1.807) is 6.21 Å². The van der Waals surface area contributed by atoms with Gasteiger partial charge in [0, 0.05) is 28.8 Å². The number of phenolic OH excluding ortho intramolecular Hbond substituents is 1. The van der Waals surface area contributed by atoms with Crippen molar-refractivity contribution in [2.24, 2.45) is 4.99 Å². The Kier molecular flexibility index (Phi) is 10.3. The van der Waals surface area contributed by atoms with Crippen molar-refractivity contribution < 1.29 is 26.0 Å². The number of halogens is 2. The Morgan fingerprint density at radius 3 is 1.69 bits per heavy atom. The molecule has 0 saturated heterocycles. The molecule has 0 amide bonds. The third-order valence-electron chi connectivity index (χ3n) is 6.00. The fourth-order valence-corrected chi connectivity index (χ4v) is 4.18. The standard InChI is InChI=1S/C30H29NO.2ClH.Zr/c1-22(2)31-21-25-19-24(23-13-7-4-8-14-23)20-28(29(25)32)30(3,26-15-9-5-10-16-26)27-17-11-6-12-18-27;;;/h4-22,32H,1-3H3;2*1H;/q;;;+2/p-2. The van der Waals surface area contributed by atoms with Crippen molar-refractivity contribution in [2.45, 2.75) is 32.2 Å². The van der Waals surface area contributed by atoms with E-state index in [1.165, 1.54) is 0 Å². The van der Waals surface area contributed by atoms with Crippen LogP contribution in [0.2, 0.25) is 0 Å². The van der Waals surface area contributed by atoms with Gasteiger partial charge < -0.3 is 5.11 Å². The first-order valence-corrected chi connectivity index (χ1v) is 17.8. The van der Waals surface area contributed by atoms with Crippen LogP contribution >= 0.6 is 17.0 Å². The molecule has 0 atom stereocenters. The summed E-state index contributed by atoms with van der Waals surface area (Å²) in [5.74, 6) is 0.268. The fraction of sp³-hybridized carbons (Fsp3) is 0.167. The summed E-state index contributed by atoms with van der Waals surface area (Å²) < 4.78 is 0. The van der Waals surface area contributed by atoms with Crippen LogP contribution in [0.1, 0.15) is 43.0 Å². The van der Waals surface area contributed by atoms with Crippen molar-refractivity contribution in [1.82, 2.24) is 0 Å². The van der Waals surface area contributed by atoms with Gasteiger partial charge in [-0.2, -0.15) is 0 Å². The van der Waals surface area contributed by atoms with Gasteiger partial charge in [-0.1, -0.05) is 91.0 Å². The Morgan fingerprint density at radius 2 is 1.23 bits per heavy atom. The number of aliphatic imine (C=N–C) groups is 1. The van der Waals surface area contributed by atoms with E-state index in [2.05, 4.69) is 78.6 Å². The van der Waals surface area contributed by atoms with Crippen molar-refractivity contribution >= 4 is 23.2 Å². The fourth-order valence-electron chi connectivity index (χ4n) is 4.18. The second kappa shape index (κ2) is 13.2. The first-order valence-electron chi connectivity index (χ1n) is 11.4. The van der Waals surface area contributed by atoms with Gasteiger partial charge in [-0.25, -0.2) is 0 Å². The summed E-state index contributed by atoms with van der Waals surface area (Å²) in [5, 5.41) is 11.5. The first kappa shape index (κ1) is 27.4. The number of hydrogen-bond acceptors (Lipinski definition) is 2. The number of rotatable bonds is 6. The first-order chi connectivity index (χ1) is 16.9. The molecule has 4 aromatic rings. The van der Waals surface area contributed by atoms with E-state index in [4.69, 9.17) is 17.0 Å². The molecule has 0 aliphatic carbocycles. The molecule has 2 nitrogen and oxygen atoms in total. The predicted octanol–water partition coefficient (Wildman–Crippen LogP) is 8.62. The molecular formula is C30H29Cl2NOZr. The van der Waals surface area contributed by atoms with E-state index in [0.29, 0.717) is 0 Å². The molecule has 5 heteroatoms. The summed E-state index contributed by atoms with van der Waals surface area (Å²) in [6, 6.07) is 35.4. The second-order valence-corrected chi connectivity index (χ2v) is 12.4. The molecule has 178 valence electrons. The molecule has 0 spiro atoms. The molecular weight excluding hydrogens is 552 g/mol. The molecule has 0 bridgehead atoms. The maximum absolute atomic E-state index is 11.5. The number of nitrogens with zero attached hydrogens (tertiary/aromatic N) is 1. The third-order valence-corrected chi connectivity index (χ3v) is 6.00. The van der Waals surface area contributed by atoms with E-state index >= 15 is 0 Å². The van der Waals surface area contributed by atoms with Crippen LogP contribution in [-0.4, -0.2) is 17.4 Å². The SMILES string of the molecule is CC(C)N=Cc1cc(-c2ccccc2)cc(C(C)(c2ccccc2)c2ccccc2)c1O.[Cl][Zr][Cl]. The van der Waals surface area contributed by atoms with Crippen LogP contribution in [0, 0.1) is 0 Å². The van der Waals surface area contributed by atoms with Crippen LogP contribution in [0.15, 0.2) is 108 Å². The van der Waals surface area contributed by atoms with Gasteiger partial charge in [0.1, 0.15) is 5.75 Å². The van der Waals surface area contributed by atoms with Gasteiger partial charge in [0.2, 0.25) is 0 Å². The van der Waals surface area contributed by atoms with Gasteiger partial charge in [-0.15, -0.1) is 0 Å². The van der Waals surface area contributed by atoms with Crippen LogP contribution in [-0.2, 0) is 26.3 Å². The summed E-state index contributed by atoms with van der Waals surface area (Å²) >= 11 is -0.826. The average Bonchev–Trinajstić information content (AvgIpc) is 2.89. The normalized spacial score (nSPS) is 11.3. The quantitative estimate of drug-likeness (QED) is 0.179. The zero-order valence-electron chi connectivity index (χ0n) is 20.1. The second-order valence-electron chi connectivity index (χ2n) is 8.63. The van der Waals surface area contributed by atoms with Gasteiger partial charge in [-0.05, 0) is 55.2 Å². The van der Waals surface area contributed by atoms with Crippen molar-refractivity contribution in [2.75, 3.05) is 0 Å². The summed E-state index contributed by atoms with van der Waals surface area (Å²) in [4.78, 5) is 4.57. The van der Waals surface area contributed by atoms with Crippen LogP contribution in [0.4, 0.5) is 0 Å². The van der Waals surface area contributed by atoms with E-state index in [-0.39, 0.29) is 11.8 Å². The van der Waals surface area contributed by atoms with Crippen molar-refractivity contribution in [3.8, 4) is 16.9 Å². The van der Waals surface area contributed by atoms with Crippen molar-refractivity contribution in [1.29, 1.82) is 0 Å². The minimum atomic E-state index is -0.826. The Morgan fingerprint density at radius 1 is 0.771 bits per heavy atom. The van der Waals surface area contributed by atoms with Crippen LogP contribution in [0.3, 0.4) is 0 Å². The van der Waals surface area contributed by atoms with Gasteiger partial charge in [0.05, 0.1) is 0 Å². The number of phenols is 1. The van der Waals surface area contributed by atoms with Crippen molar-refractivity contribution in [3.63, 3.8) is 0 Å². The molecule has 0 aliphatic rings. The van der Waals surface area contributed by atoms with E-state index in [9.17, 15) is 5.11 Å². The molecule has 1 N–H and O–H groups in total. The number of aromatic hydroxyl groups is 1. The van der Waals surface area contributed by atoms with Gasteiger partial charge in [0.25, 0.3) is 0 Å². The molecule has 4 aromatic carbocycles. The number of hydrogen-bond donors (Lipinski definition) is 1. The average molecular weight is 582 g/mol. The molecule has 0 radical (unpaired) electrons.